The number of ketones is 1. The van der Waals surface area contributed by atoms with Crippen molar-refractivity contribution in [1.82, 2.24) is 0 Å². The highest BCUT2D eigenvalue weighted by atomic mass is 16.5. The predicted octanol–water partition coefficient (Wildman–Crippen LogP) is 2.24. The normalized spacial score (nSPS) is 35.9. The van der Waals surface area contributed by atoms with Crippen LogP contribution in [0.2, 0.25) is 0 Å². The number of carbonyl (C=O) groups is 1. The van der Waals surface area contributed by atoms with Crippen LogP contribution in [0.3, 0.4) is 0 Å². The first-order chi connectivity index (χ1) is 8.84. The summed E-state index contributed by atoms with van der Waals surface area (Å²) in [6.07, 6.45) is 3.78. The molecular formula is C15H14N2O2. The number of aliphatic imine (C=N–C) groups is 1. The van der Waals surface area contributed by atoms with Crippen molar-refractivity contribution in [3.63, 3.8) is 0 Å². The SMILES string of the molecule is CC1=CC2(C)C=C(C)C3(OC(C)=C(C#N)C3=N2)C1=O. The minimum Gasteiger partial charge on any atom is -0.471 e. The maximum absolute atomic E-state index is 12.7. The van der Waals surface area contributed by atoms with Gasteiger partial charge in [-0.3, -0.25) is 9.79 Å². The van der Waals surface area contributed by atoms with Crippen molar-refractivity contribution < 1.29 is 9.53 Å². The van der Waals surface area contributed by atoms with Crippen LogP contribution < -0.4 is 0 Å². The molecule has 2 unspecified atom stereocenters. The number of hydrogen-bond donors (Lipinski definition) is 0. The lowest BCUT2D eigenvalue weighted by Crippen LogP contribution is -2.49. The van der Waals surface area contributed by atoms with Gasteiger partial charge in [-0.15, -0.1) is 0 Å². The van der Waals surface area contributed by atoms with E-state index in [9.17, 15) is 10.1 Å². The minimum atomic E-state index is -1.20. The molecule has 4 rings (SSSR count). The van der Waals surface area contributed by atoms with Gasteiger partial charge in [0, 0.05) is 0 Å². The quantitative estimate of drug-likeness (QED) is 0.623. The van der Waals surface area contributed by atoms with Gasteiger partial charge in [0.1, 0.15) is 23.1 Å². The molecule has 0 aromatic carbocycles. The maximum atomic E-state index is 12.7. The third kappa shape index (κ3) is 1.22. The van der Waals surface area contributed by atoms with Gasteiger partial charge >= 0.3 is 0 Å². The summed E-state index contributed by atoms with van der Waals surface area (Å²) in [6.45, 7) is 7.28. The Morgan fingerprint density at radius 3 is 2.63 bits per heavy atom. The first-order valence-electron chi connectivity index (χ1n) is 6.19. The molecule has 0 N–H and O–H groups in total. The molecule has 19 heavy (non-hydrogen) atoms. The number of rotatable bonds is 0. The largest absolute Gasteiger partial charge is 0.471 e. The molecular weight excluding hydrogens is 240 g/mol. The number of Topliss-reactive ketones (excluding diaryl/α,β-unsaturated/α-hetero) is 1. The summed E-state index contributed by atoms with van der Waals surface area (Å²) in [5.41, 5.74) is 0.508. The van der Waals surface area contributed by atoms with Crippen LogP contribution in [0.5, 0.6) is 0 Å². The fourth-order valence-corrected chi connectivity index (χ4v) is 3.21. The molecule has 0 fully saturated rings. The molecule has 0 saturated carbocycles. The Hall–Kier alpha value is -2.15. The molecule has 1 spiro atoms. The van der Waals surface area contributed by atoms with Crippen molar-refractivity contribution in [1.29, 1.82) is 5.26 Å². The Morgan fingerprint density at radius 1 is 1.32 bits per heavy atom. The van der Waals surface area contributed by atoms with Crippen LogP contribution in [0.4, 0.5) is 0 Å². The van der Waals surface area contributed by atoms with E-state index in [-0.39, 0.29) is 5.78 Å². The first kappa shape index (κ1) is 11.9. The molecule has 4 aliphatic rings. The average molecular weight is 254 g/mol. The lowest BCUT2D eigenvalue weighted by molar-refractivity contribution is -0.125. The van der Waals surface area contributed by atoms with Gasteiger partial charge in [-0.05, 0) is 51.0 Å². The number of fused-ring (bicyclic) bond motifs is 1. The van der Waals surface area contributed by atoms with Gasteiger partial charge in [0.15, 0.2) is 0 Å². The molecule has 0 aromatic rings. The Balaban J connectivity index is 2.37. The average Bonchev–Trinajstić information content (AvgIpc) is 2.53. The topological polar surface area (TPSA) is 62.4 Å². The Labute approximate surface area is 111 Å². The molecule has 0 aromatic heterocycles. The van der Waals surface area contributed by atoms with E-state index in [1.165, 1.54) is 0 Å². The molecule has 4 heteroatoms. The fraction of sp³-hybridized carbons (Fsp3) is 0.400. The summed E-state index contributed by atoms with van der Waals surface area (Å²) >= 11 is 0. The van der Waals surface area contributed by atoms with Crippen molar-refractivity contribution in [2.24, 2.45) is 4.99 Å². The molecule has 96 valence electrons. The number of allylic oxidation sites excluding steroid dienone is 1. The van der Waals surface area contributed by atoms with E-state index in [1.54, 1.807) is 13.8 Å². The zero-order chi connectivity index (χ0) is 14.0. The van der Waals surface area contributed by atoms with E-state index in [0.29, 0.717) is 22.6 Å². The van der Waals surface area contributed by atoms with Crippen LogP contribution in [0.15, 0.2) is 39.6 Å². The van der Waals surface area contributed by atoms with Gasteiger partial charge in [0.2, 0.25) is 11.4 Å². The third-order valence-electron chi connectivity index (χ3n) is 3.94. The van der Waals surface area contributed by atoms with Crippen molar-refractivity contribution in [2.75, 3.05) is 0 Å². The van der Waals surface area contributed by atoms with E-state index in [4.69, 9.17) is 4.74 Å². The fourth-order valence-electron chi connectivity index (χ4n) is 3.21. The Morgan fingerprint density at radius 2 is 2.00 bits per heavy atom. The Kier molecular flexibility index (Phi) is 2.03. The number of carbonyl (C=O) groups excluding carboxylic acids is 1. The molecule has 4 nitrogen and oxygen atoms in total. The minimum absolute atomic E-state index is 0.120. The number of ether oxygens (including phenoxy) is 1. The van der Waals surface area contributed by atoms with Gasteiger partial charge in [-0.25, -0.2) is 0 Å². The molecule has 0 amide bonds. The molecule has 0 radical (unpaired) electrons. The zero-order valence-electron chi connectivity index (χ0n) is 11.4. The number of dihydropyridines is 1. The van der Waals surface area contributed by atoms with Crippen LogP contribution in [0, 0.1) is 11.3 Å². The van der Waals surface area contributed by atoms with E-state index in [2.05, 4.69) is 11.1 Å². The highest BCUT2D eigenvalue weighted by Crippen LogP contribution is 2.46. The highest BCUT2D eigenvalue weighted by Gasteiger charge is 2.58. The number of hydrogen-bond acceptors (Lipinski definition) is 4. The monoisotopic (exact) mass is 254 g/mol. The molecule has 2 atom stereocenters. The molecule has 3 heterocycles. The van der Waals surface area contributed by atoms with Gasteiger partial charge in [0.05, 0.1) is 5.54 Å². The van der Waals surface area contributed by atoms with E-state index < -0.39 is 11.1 Å². The highest BCUT2D eigenvalue weighted by molar-refractivity contribution is 6.30. The van der Waals surface area contributed by atoms with Crippen molar-refractivity contribution in [3.05, 3.63) is 34.6 Å². The van der Waals surface area contributed by atoms with Gasteiger partial charge < -0.3 is 4.74 Å². The zero-order valence-corrected chi connectivity index (χ0v) is 11.4. The summed E-state index contributed by atoms with van der Waals surface area (Å²) < 4.78 is 5.83. The molecule has 0 saturated heterocycles. The smallest absolute Gasteiger partial charge is 0.234 e. The van der Waals surface area contributed by atoms with Crippen molar-refractivity contribution in [3.8, 4) is 6.07 Å². The summed E-state index contributed by atoms with van der Waals surface area (Å²) in [6, 6.07) is 2.11. The molecule has 3 aliphatic heterocycles. The van der Waals surface area contributed by atoms with E-state index >= 15 is 0 Å². The van der Waals surface area contributed by atoms with Gasteiger partial charge in [-0.2, -0.15) is 5.26 Å². The van der Waals surface area contributed by atoms with Crippen LogP contribution in [0.1, 0.15) is 27.7 Å². The standard InChI is InChI=1S/C15H14N2O2/c1-8-5-14(4)6-9(2)15(13(8)18)12(17-14)11(7-16)10(3)19-15/h5-6H,1-4H3. The lowest BCUT2D eigenvalue weighted by atomic mass is 9.79. The van der Waals surface area contributed by atoms with Crippen LogP contribution in [-0.4, -0.2) is 22.6 Å². The van der Waals surface area contributed by atoms with Crippen LogP contribution >= 0.6 is 0 Å². The van der Waals surface area contributed by atoms with Crippen LogP contribution in [-0.2, 0) is 9.53 Å². The maximum Gasteiger partial charge on any atom is 0.234 e. The predicted molar refractivity (Wildman–Crippen MR) is 70.5 cm³/mol. The Bertz CT molecular complexity index is 687. The van der Waals surface area contributed by atoms with Crippen molar-refractivity contribution >= 4 is 11.5 Å². The van der Waals surface area contributed by atoms with Gasteiger partial charge in [-0.1, -0.05) is 0 Å². The summed E-state index contributed by atoms with van der Waals surface area (Å²) in [4.78, 5) is 17.3. The second-order valence-electron chi connectivity index (χ2n) is 5.50. The van der Waals surface area contributed by atoms with Crippen molar-refractivity contribution in [2.45, 2.75) is 38.8 Å². The summed E-state index contributed by atoms with van der Waals surface area (Å²) in [5, 5.41) is 9.30. The number of nitrogens with zero attached hydrogens (tertiary/aromatic N) is 2. The van der Waals surface area contributed by atoms with E-state index in [1.807, 2.05) is 26.0 Å². The first-order valence-corrected chi connectivity index (χ1v) is 6.19. The lowest BCUT2D eigenvalue weighted by Gasteiger charge is -2.33. The second kappa shape index (κ2) is 3.24. The molecule has 2 bridgehead atoms. The van der Waals surface area contributed by atoms with Gasteiger partial charge in [0.25, 0.3) is 0 Å². The summed E-state index contributed by atoms with van der Waals surface area (Å²) in [5.74, 6) is 0.354. The third-order valence-corrected chi connectivity index (χ3v) is 3.94. The number of nitriles is 1. The second-order valence-corrected chi connectivity index (χ2v) is 5.50. The van der Waals surface area contributed by atoms with Crippen LogP contribution in [0.25, 0.3) is 0 Å². The molecule has 1 aliphatic carbocycles. The summed E-state index contributed by atoms with van der Waals surface area (Å²) in [7, 11) is 0. The van der Waals surface area contributed by atoms with E-state index in [0.717, 1.165) is 5.57 Å².